The zero-order chi connectivity index (χ0) is 14.4. The predicted octanol–water partition coefficient (Wildman–Crippen LogP) is 3.35. The summed E-state index contributed by atoms with van der Waals surface area (Å²) in [5.74, 6) is 1.53. The number of aliphatic hydroxyl groups excluding tert-OH is 1. The topological polar surface area (TPSA) is 53.2 Å². The fourth-order valence-electron chi connectivity index (χ4n) is 1.81. The minimum Gasteiger partial charge on any atom is -0.496 e. The van der Waals surface area contributed by atoms with E-state index < -0.39 is 0 Å². The molecule has 0 radical (unpaired) electrons. The summed E-state index contributed by atoms with van der Waals surface area (Å²) >= 11 is 1.67. The molecule has 0 atom stereocenters. The Hall–Kier alpha value is -1.96. The second-order valence-corrected chi connectivity index (χ2v) is 5.28. The van der Waals surface area contributed by atoms with Gasteiger partial charge in [-0.25, -0.2) is 0 Å². The van der Waals surface area contributed by atoms with Gasteiger partial charge in [0.05, 0.1) is 25.3 Å². The van der Waals surface area contributed by atoms with Gasteiger partial charge in [-0.05, 0) is 35.9 Å². The molecule has 1 N–H and O–H groups in total. The van der Waals surface area contributed by atoms with E-state index in [1.54, 1.807) is 24.9 Å². The first-order chi connectivity index (χ1) is 9.76. The van der Waals surface area contributed by atoms with Crippen LogP contribution in [0.5, 0.6) is 5.75 Å². The number of hydrogen-bond donors (Lipinski definition) is 1. The molecule has 2 aromatic carbocycles. The van der Waals surface area contributed by atoms with E-state index >= 15 is 0 Å². The number of nitrogens with zero attached hydrogens (tertiary/aromatic N) is 1. The van der Waals surface area contributed by atoms with Gasteiger partial charge in [-0.2, -0.15) is 5.26 Å². The van der Waals surface area contributed by atoms with Gasteiger partial charge in [-0.3, -0.25) is 0 Å². The second-order valence-electron chi connectivity index (χ2n) is 4.23. The Balaban J connectivity index is 2.11. The van der Waals surface area contributed by atoms with Gasteiger partial charge in [0.2, 0.25) is 0 Å². The number of aliphatic hydroxyl groups is 1. The highest BCUT2D eigenvalue weighted by molar-refractivity contribution is 7.98. The first-order valence-corrected chi connectivity index (χ1v) is 7.15. The first-order valence-electron chi connectivity index (χ1n) is 6.16. The van der Waals surface area contributed by atoms with E-state index in [1.807, 2.05) is 36.4 Å². The third-order valence-electron chi connectivity index (χ3n) is 2.91. The lowest BCUT2D eigenvalue weighted by Crippen LogP contribution is -1.91. The Morgan fingerprint density at radius 2 is 1.95 bits per heavy atom. The highest BCUT2D eigenvalue weighted by Gasteiger charge is 2.05. The molecule has 0 aliphatic carbocycles. The molecule has 0 unspecified atom stereocenters. The van der Waals surface area contributed by atoms with Gasteiger partial charge in [0.15, 0.2) is 0 Å². The summed E-state index contributed by atoms with van der Waals surface area (Å²) in [7, 11) is 1.63. The smallest absolute Gasteiger partial charge is 0.122 e. The molecule has 0 saturated heterocycles. The molecule has 0 amide bonds. The van der Waals surface area contributed by atoms with Crippen molar-refractivity contribution < 1.29 is 9.84 Å². The predicted molar refractivity (Wildman–Crippen MR) is 79.6 cm³/mol. The summed E-state index contributed by atoms with van der Waals surface area (Å²) in [5.41, 5.74) is 2.54. The van der Waals surface area contributed by atoms with Crippen molar-refractivity contribution in [3.63, 3.8) is 0 Å². The van der Waals surface area contributed by atoms with Gasteiger partial charge in [-0.15, -0.1) is 11.8 Å². The minimum absolute atomic E-state index is 0.0585. The van der Waals surface area contributed by atoms with E-state index in [2.05, 4.69) is 6.07 Å². The molecule has 0 aromatic heterocycles. The molecule has 0 spiro atoms. The highest BCUT2D eigenvalue weighted by atomic mass is 32.2. The van der Waals surface area contributed by atoms with E-state index in [0.29, 0.717) is 5.56 Å². The van der Waals surface area contributed by atoms with E-state index in [9.17, 15) is 0 Å². The van der Waals surface area contributed by atoms with Crippen LogP contribution in [0.1, 0.15) is 16.7 Å². The maximum Gasteiger partial charge on any atom is 0.122 e. The minimum atomic E-state index is 0.0585. The zero-order valence-electron chi connectivity index (χ0n) is 11.2. The maximum atomic E-state index is 9.01. The van der Waals surface area contributed by atoms with Gasteiger partial charge < -0.3 is 9.84 Å². The van der Waals surface area contributed by atoms with Crippen molar-refractivity contribution in [3.05, 3.63) is 59.2 Å². The summed E-state index contributed by atoms with van der Waals surface area (Å²) in [5, 5.41) is 18.0. The van der Waals surface area contributed by atoms with Crippen molar-refractivity contribution in [2.75, 3.05) is 7.11 Å². The van der Waals surface area contributed by atoms with E-state index in [1.165, 1.54) is 0 Å². The van der Waals surface area contributed by atoms with Gasteiger partial charge in [-0.1, -0.05) is 12.1 Å². The molecule has 20 heavy (non-hydrogen) atoms. The molecule has 0 aliphatic rings. The van der Waals surface area contributed by atoms with Crippen molar-refractivity contribution in [2.45, 2.75) is 17.3 Å². The van der Waals surface area contributed by atoms with Crippen molar-refractivity contribution in [3.8, 4) is 11.8 Å². The van der Waals surface area contributed by atoms with E-state index in [4.69, 9.17) is 15.1 Å². The number of hydrogen-bond acceptors (Lipinski definition) is 4. The van der Waals surface area contributed by atoms with Crippen LogP contribution in [0.2, 0.25) is 0 Å². The number of benzene rings is 2. The summed E-state index contributed by atoms with van der Waals surface area (Å²) in [6.07, 6.45) is 0. The van der Waals surface area contributed by atoms with Gasteiger partial charge in [0, 0.05) is 16.2 Å². The lowest BCUT2D eigenvalue weighted by molar-refractivity contribution is 0.282. The number of thioether (sulfide) groups is 1. The lowest BCUT2D eigenvalue weighted by atomic mass is 10.1. The van der Waals surface area contributed by atoms with Gasteiger partial charge in [0.25, 0.3) is 0 Å². The summed E-state index contributed by atoms with van der Waals surface area (Å²) in [4.78, 5) is 1.12. The molecule has 0 bridgehead atoms. The van der Waals surface area contributed by atoms with Crippen molar-refractivity contribution >= 4 is 11.8 Å². The molecule has 2 aromatic rings. The Morgan fingerprint density at radius 3 is 2.55 bits per heavy atom. The van der Waals surface area contributed by atoms with Crippen LogP contribution < -0.4 is 4.74 Å². The van der Waals surface area contributed by atoms with Crippen molar-refractivity contribution in [1.29, 1.82) is 5.26 Å². The normalized spacial score (nSPS) is 10.1. The Labute approximate surface area is 122 Å². The molecule has 0 fully saturated rings. The second kappa shape index (κ2) is 6.99. The fourth-order valence-corrected chi connectivity index (χ4v) is 2.69. The summed E-state index contributed by atoms with van der Waals surface area (Å²) in [6, 6.07) is 15.4. The van der Waals surface area contributed by atoms with E-state index in [-0.39, 0.29) is 6.61 Å². The van der Waals surface area contributed by atoms with Crippen LogP contribution >= 0.6 is 11.8 Å². The molecule has 0 saturated carbocycles. The van der Waals surface area contributed by atoms with Crippen molar-refractivity contribution in [2.24, 2.45) is 0 Å². The molecule has 102 valence electrons. The number of methoxy groups -OCH3 is 1. The van der Waals surface area contributed by atoms with Gasteiger partial charge in [0.1, 0.15) is 5.75 Å². The SMILES string of the molecule is COc1ccc(C#N)cc1CSc1ccc(CO)cc1. The van der Waals surface area contributed by atoms with Crippen LogP contribution in [0.25, 0.3) is 0 Å². The average Bonchev–Trinajstić information content (AvgIpc) is 2.53. The average molecular weight is 285 g/mol. The van der Waals surface area contributed by atoms with Crippen LogP contribution in [0.3, 0.4) is 0 Å². The van der Waals surface area contributed by atoms with E-state index in [0.717, 1.165) is 27.5 Å². The Morgan fingerprint density at radius 1 is 1.20 bits per heavy atom. The summed E-state index contributed by atoms with van der Waals surface area (Å²) < 4.78 is 5.31. The quantitative estimate of drug-likeness (QED) is 0.856. The molecule has 3 nitrogen and oxygen atoms in total. The van der Waals surface area contributed by atoms with Crippen LogP contribution in [0.4, 0.5) is 0 Å². The molecule has 0 heterocycles. The number of nitriles is 1. The third kappa shape index (κ3) is 3.53. The Kier molecular flexibility index (Phi) is 5.05. The standard InChI is InChI=1S/C16H15NO2S/c1-19-16-7-4-13(9-17)8-14(16)11-20-15-5-2-12(10-18)3-6-15/h2-8,18H,10-11H2,1H3. The van der Waals surface area contributed by atoms with Crippen molar-refractivity contribution in [1.82, 2.24) is 0 Å². The monoisotopic (exact) mass is 285 g/mol. The molecule has 4 heteroatoms. The summed E-state index contributed by atoms with van der Waals surface area (Å²) in [6.45, 7) is 0.0585. The van der Waals surface area contributed by atoms with Crippen LogP contribution in [0.15, 0.2) is 47.4 Å². The third-order valence-corrected chi connectivity index (χ3v) is 3.97. The van der Waals surface area contributed by atoms with Crippen LogP contribution in [0, 0.1) is 11.3 Å². The molecular formula is C16H15NO2S. The Bertz CT molecular complexity index is 617. The molecule has 0 aliphatic heterocycles. The first kappa shape index (κ1) is 14.4. The maximum absolute atomic E-state index is 9.01. The van der Waals surface area contributed by atoms with Gasteiger partial charge >= 0.3 is 0 Å². The number of ether oxygens (including phenoxy) is 1. The fraction of sp³-hybridized carbons (Fsp3) is 0.188. The lowest BCUT2D eigenvalue weighted by Gasteiger charge is -2.09. The highest BCUT2D eigenvalue weighted by Crippen LogP contribution is 2.28. The van der Waals surface area contributed by atoms with Crippen LogP contribution in [-0.4, -0.2) is 12.2 Å². The molecule has 2 rings (SSSR count). The number of rotatable bonds is 5. The van der Waals surface area contributed by atoms with Crippen LogP contribution in [-0.2, 0) is 12.4 Å². The zero-order valence-corrected chi connectivity index (χ0v) is 12.0. The molecular weight excluding hydrogens is 270 g/mol. The largest absolute Gasteiger partial charge is 0.496 e.